The molecule has 1 fully saturated rings. The molecule has 4 aromatic rings. The summed E-state index contributed by atoms with van der Waals surface area (Å²) in [6.07, 6.45) is 6.04. The van der Waals surface area contributed by atoms with Crippen molar-refractivity contribution in [2.75, 3.05) is 18.4 Å². The molecule has 32 heavy (non-hydrogen) atoms. The molecule has 9 heteroatoms. The van der Waals surface area contributed by atoms with Crippen molar-refractivity contribution in [3.05, 3.63) is 60.2 Å². The van der Waals surface area contributed by atoms with Gasteiger partial charge >= 0.3 is 0 Å². The van der Waals surface area contributed by atoms with Crippen LogP contribution in [0.5, 0.6) is 0 Å². The molecule has 0 amide bonds. The van der Waals surface area contributed by atoms with Gasteiger partial charge in [-0.3, -0.25) is 14.3 Å². The van der Waals surface area contributed by atoms with Crippen molar-refractivity contribution in [3.8, 4) is 5.82 Å². The number of aromatic nitrogens is 5. The molecule has 0 saturated carbocycles. The second kappa shape index (κ2) is 8.18. The maximum Gasteiger partial charge on any atom is 0.229 e. The molecule has 2 N–H and O–H groups in total. The van der Waals surface area contributed by atoms with Gasteiger partial charge in [-0.1, -0.05) is 0 Å². The molecule has 1 aromatic carbocycles. The van der Waals surface area contributed by atoms with E-state index in [1.54, 1.807) is 28.6 Å². The molecule has 0 aliphatic carbocycles. The number of aliphatic hydroxyl groups is 1. The van der Waals surface area contributed by atoms with Crippen molar-refractivity contribution in [1.29, 1.82) is 0 Å². The highest BCUT2D eigenvalue weighted by molar-refractivity contribution is 5.93. The standard InChI is InChI=1S/C23H25N7O2/c1-15-18(12-28-9-7-20(32)14-28)13-30(27-15)22-5-8-24-23(26-22)25-19-3-4-21-17(11-19)6-10-29(21)16(2)31/h3-6,8,10-11,13,20,32H,7,9,12,14H2,1-2H3,(H,24,25,26). The third-order valence-electron chi connectivity index (χ3n) is 5.80. The van der Waals surface area contributed by atoms with Gasteiger partial charge in [0.1, 0.15) is 0 Å². The lowest BCUT2D eigenvalue weighted by molar-refractivity contribution is 0.0941. The van der Waals surface area contributed by atoms with Crippen LogP contribution in [0.1, 0.15) is 29.4 Å². The van der Waals surface area contributed by atoms with Gasteiger partial charge in [-0.25, -0.2) is 9.67 Å². The number of anilines is 2. The van der Waals surface area contributed by atoms with Gasteiger partial charge in [0, 0.05) is 67.9 Å². The van der Waals surface area contributed by atoms with Crippen molar-refractivity contribution < 1.29 is 9.90 Å². The van der Waals surface area contributed by atoms with Gasteiger partial charge in [0.2, 0.25) is 11.9 Å². The van der Waals surface area contributed by atoms with Gasteiger partial charge in [-0.15, -0.1) is 0 Å². The summed E-state index contributed by atoms with van der Waals surface area (Å²) in [5.41, 5.74) is 3.76. The number of aliphatic hydroxyl groups excluding tert-OH is 1. The Hall–Kier alpha value is -3.56. The number of nitrogens with one attached hydrogen (secondary N) is 1. The number of aryl methyl sites for hydroxylation is 1. The lowest BCUT2D eigenvalue weighted by atomic mass is 10.2. The van der Waals surface area contributed by atoms with E-state index in [0.29, 0.717) is 18.3 Å². The van der Waals surface area contributed by atoms with Crippen LogP contribution < -0.4 is 5.32 Å². The van der Waals surface area contributed by atoms with E-state index in [0.717, 1.165) is 47.4 Å². The Labute approximate surface area is 185 Å². The summed E-state index contributed by atoms with van der Waals surface area (Å²) >= 11 is 0. The maximum atomic E-state index is 11.7. The van der Waals surface area contributed by atoms with E-state index >= 15 is 0 Å². The molecular weight excluding hydrogens is 406 g/mol. The minimum absolute atomic E-state index is 0.0217. The minimum Gasteiger partial charge on any atom is -0.392 e. The van der Waals surface area contributed by atoms with Crippen molar-refractivity contribution >= 4 is 28.4 Å². The Morgan fingerprint density at radius 2 is 2.16 bits per heavy atom. The zero-order valence-corrected chi connectivity index (χ0v) is 18.1. The number of benzene rings is 1. The number of fused-ring (bicyclic) bond motifs is 1. The largest absolute Gasteiger partial charge is 0.392 e. The fraction of sp³-hybridized carbons (Fsp3) is 0.304. The van der Waals surface area contributed by atoms with Crippen LogP contribution in [0.2, 0.25) is 0 Å². The molecule has 5 rings (SSSR count). The molecule has 3 aromatic heterocycles. The molecule has 0 bridgehead atoms. The Balaban J connectivity index is 1.35. The third kappa shape index (κ3) is 4.00. The molecule has 164 valence electrons. The van der Waals surface area contributed by atoms with E-state index in [4.69, 9.17) is 0 Å². The second-order valence-electron chi connectivity index (χ2n) is 8.20. The Morgan fingerprint density at radius 3 is 2.94 bits per heavy atom. The van der Waals surface area contributed by atoms with Crippen molar-refractivity contribution in [1.82, 2.24) is 29.2 Å². The molecule has 0 radical (unpaired) electrons. The number of hydrogen-bond donors (Lipinski definition) is 2. The third-order valence-corrected chi connectivity index (χ3v) is 5.80. The lowest BCUT2D eigenvalue weighted by Gasteiger charge is -2.13. The van der Waals surface area contributed by atoms with E-state index in [9.17, 15) is 9.90 Å². The normalized spacial score (nSPS) is 16.7. The number of rotatable bonds is 5. The molecular formula is C23H25N7O2. The number of likely N-dealkylation sites (tertiary alicyclic amines) is 1. The van der Waals surface area contributed by atoms with Crippen molar-refractivity contribution in [2.45, 2.75) is 32.9 Å². The molecule has 1 unspecified atom stereocenters. The van der Waals surface area contributed by atoms with Crippen molar-refractivity contribution in [2.24, 2.45) is 0 Å². The predicted octanol–water partition coefficient (Wildman–Crippen LogP) is 2.90. The fourth-order valence-electron chi connectivity index (χ4n) is 4.13. The van der Waals surface area contributed by atoms with E-state index in [2.05, 4.69) is 25.3 Å². The topological polar surface area (TPSA) is 101 Å². The van der Waals surface area contributed by atoms with E-state index in [-0.39, 0.29) is 12.0 Å². The smallest absolute Gasteiger partial charge is 0.229 e. The first kappa shape index (κ1) is 20.3. The zero-order valence-electron chi connectivity index (χ0n) is 18.1. The number of β-amino-alcohol motifs (C(OH)–C–C–N with tert-alkyl or cyclic N) is 1. The number of carbonyl (C=O) groups excluding carboxylic acids is 1. The Morgan fingerprint density at radius 1 is 1.28 bits per heavy atom. The Kier molecular flexibility index (Phi) is 5.20. The summed E-state index contributed by atoms with van der Waals surface area (Å²) in [5, 5.41) is 18.6. The molecule has 4 heterocycles. The summed E-state index contributed by atoms with van der Waals surface area (Å²) in [6, 6.07) is 9.50. The highest BCUT2D eigenvalue weighted by Gasteiger charge is 2.21. The van der Waals surface area contributed by atoms with Gasteiger partial charge in [-0.2, -0.15) is 10.1 Å². The summed E-state index contributed by atoms with van der Waals surface area (Å²) in [6.45, 7) is 5.89. The lowest BCUT2D eigenvalue weighted by Crippen LogP contribution is -2.21. The van der Waals surface area contributed by atoms with Gasteiger partial charge in [0.25, 0.3) is 0 Å². The first-order valence-corrected chi connectivity index (χ1v) is 10.6. The SMILES string of the molecule is CC(=O)n1ccc2cc(Nc3nccc(-n4cc(CN5CCC(O)C5)c(C)n4)n3)ccc21. The van der Waals surface area contributed by atoms with Crippen LogP contribution in [0, 0.1) is 6.92 Å². The molecule has 0 spiro atoms. The summed E-state index contributed by atoms with van der Waals surface area (Å²) in [5.74, 6) is 1.11. The van der Waals surface area contributed by atoms with Crippen molar-refractivity contribution in [3.63, 3.8) is 0 Å². The van der Waals surface area contributed by atoms with Crippen LogP contribution in [0.25, 0.3) is 16.7 Å². The monoisotopic (exact) mass is 431 g/mol. The van der Waals surface area contributed by atoms with Crippen LogP contribution in [0.15, 0.2) is 48.9 Å². The molecule has 1 aliphatic rings. The average Bonchev–Trinajstić information content (AvgIpc) is 3.47. The van der Waals surface area contributed by atoms with Crippen LogP contribution in [-0.2, 0) is 6.54 Å². The summed E-state index contributed by atoms with van der Waals surface area (Å²) in [7, 11) is 0. The van der Waals surface area contributed by atoms with E-state index < -0.39 is 0 Å². The zero-order chi connectivity index (χ0) is 22.2. The number of hydrogen-bond acceptors (Lipinski definition) is 7. The number of carbonyl (C=O) groups is 1. The first-order valence-electron chi connectivity index (χ1n) is 10.6. The quantitative estimate of drug-likeness (QED) is 0.501. The van der Waals surface area contributed by atoms with Gasteiger partial charge in [0.05, 0.1) is 17.3 Å². The molecule has 1 atom stereocenters. The van der Waals surface area contributed by atoms with E-state index in [1.807, 2.05) is 43.5 Å². The van der Waals surface area contributed by atoms with Crippen LogP contribution in [0.3, 0.4) is 0 Å². The Bertz CT molecular complexity index is 1290. The summed E-state index contributed by atoms with van der Waals surface area (Å²) < 4.78 is 3.39. The predicted molar refractivity (Wildman–Crippen MR) is 121 cm³/mol. The highest BCUT2D eigenvalue weighted by atomic mass is 16.3. The molecule has 1 aliphatic heterocycles. The molecule has 9 nitrogen and oxygen atoms in total. The van der Waals surface area contributed by atoms with Crippen LogP contribution in [0.4, 0.5) is 11.6 Å². The van der Waals surface area contributed by atoms with Crippen LogP contribution >= 0.6 is 0 Å². The summed E-state index contributed by atoms with van der Waals surface area (Å²) in [4.78, 5) is 22.9. The first-order chi connectivity index (χ1) is 15.5. The molecule has 1 saturated heterocycles. The average molecular weight is 432 g/mol. The second-order valence-corrected chi connectivity index (χ2v) is 8.20. The van der Waals surface area contributed by atoms with E-state index in [1.165, 1.54) is 0 Å². The number of nitrogens with zero attached hydrogens (tertiary/aromatic N) is 6. The maximum absolute atomic E-state index is 11.7. The van der Waals surface area contributed by atoms with Gasteiger partial charge in [0.15, 0.2) is 5.82 Å². The minimum atomic E-state index is -0.235. The van der Waals surface area contributed by atoms with Gasteiger partial charge < -0.3 is 10.4 Å². The van der Waals surface area contributed by atoms with Gasteiger partial charge in [-0.05, 0) is 37.6 Å². The van der Waals surface area contributed by atoms with Crippen LogP contribution in [-0.4, -0.2) is 59.4 Å². The highest BCUT2D eigenvalue weighted by Crippen LogP contribution is 2.23. The fourth-order valence-corrected chi connectivity index (χ4v) is 4.13.